The molecule has 0 aromatic rings. The first kappa shape index (κ1) is 30.5. The van der Waals surface area contributed by atoms with Crippen molar-refractivity contribution in [2.75, 3.05) is 21.3 Å². The third-order valence-electron chi connectivity index (χ3n) is 4.94. The summed E-state index contributed by atoms with van der Waals surface area (Å²) < 4.78 is 36.6. The smallest absolute Gasteiger partial charge is 0.366 e. The van der Waals surface area contributed by atoms with Crippen LogP contribution in [0, 0.1) is 0 Å². The molecule has 0 aromatic heterocycles. The third-order valence-corrected chi connectivity index (χ3v) is 4.94. The molecule has 1 aliphatic rings. The van der Waals surface area contributed by atoms with Gasteiger partial charge >= 0.3 is 29.8 Å². The average Bonchev–Trinajstić information content (AvgIpc) is 2.79. The van der Waals surface area contributed by atoms with E-state index in [1.165, 1.54) is 6.92 Å². The quantitative estimate of drug-likeness (QED) is 0.219. The van der Waals surface area contributed by atoms with Gasteiger partial charge < -0.3 is 38.5 Å². The summed E-state index contributed by atoms with van der Waals surface area (Å²) in [5.41, 5.74) is 0. The van der Waals surface area contributed by atoms with Crippen LogP contribution in [0.2, 0.25) is 0 Å². The molecule has 1 aliphatic heterocycles. The van der Waals surface area contributed by atoms with Gasteiger partial charge in [-0.15, -0.1) is 0 Å². The van der Waals surface area contributed by atoms with E-state index in [0.717, 1.165) is 54.3 Å². The molecule has 1 amide bonds. The number of amides is 1. The molecule has 1 N–H and O–H groups in total. The lowest BCUT2D eigenvalue weighted by Gasteiger charge is -2.48. The zero-order valence-electron chi connectivity index (χ0n) is 21.1. The van der Waals surface area contributed by atoms with Crippen molar-refractivity contribution in [3.05, 3.63) is 12.2 Å². The van der Waals surface area contributed by atoms with Gasteiger partial charge in [0, 0.05) is 40.9 Å². The average molecular weight is 517 g/mol. The molecular weight excluding hydrogens is 486 g/mol. The standard InChI is InChI=1S/C22H31NO13/c1-11(24)23-18-16(34-13(3)26)10-22(32-7,21(29)31-6)36-20(18)19(35-14(4)27)15(33-12(2)25)8-9-17(28)30-5/h8-9,15-16,18-20H,10H2,1-7H3,(H,23,24)/b9-8+/t15-,16+,18-,19+,20-,22+/m1/s1. The highest BCUT2D eigenvalue weighted by atomic mass is 16.7. The molecule has 1 fully saturated rings. The fourth-order valence-electron chi connectivity index (χ4n) is 3.62. The van der Waals surface area contributed by atoms with E-state index in [2.05, 4.69) is 10.1 Å². The van der Waals surface area contributed by atoms with Crippen molar-refractivity contribution in [2.24, 2.45) is 0 Å². The highest BCUT2D eigenvalue weighted by molar-refractivity contribution is 5.82. The van der Waals surface area contributed by atoms with E-state index in [1.54, 1.807) is 0 Å². The van der Waals surface area contributed by atoms with Crippen molar-refractivity contribution in [1.29, 1.82) is 0 Å². The van der Waals surface area contributed by atoms with Gasteiger partial charge in [0.2, 0.25) is 5.91 Å². The van der Waals surface area contributed by atoms with E-state index in [4.69, 9.17) is 28.4 Å². The summed E-state index contributed by atoms with van der Waals surface area (Å²) in [7, 11) is 3.30. The van der Waals surface area contributed by atoms with Gasteiger partial charge in [0.05, 0.1) is 26.7 Å². The van der Waals surface area contributed by atoms with Crippen LogP contribution in [0.4, 0.5) is 0 Å². The Labute approximate surface area is 207 Å². The van der Waals surface area contributed by atoms with Crippen molar-refractivity contribution in [2.45, 2.75) is 70.4 Å². The maximum Gasteiger partial charge on any atom is 0.366 e. The van der Waals surface area contributed by atoms with Crippen LogP contribution in [0.15, 0.2) is 12.2 Å². The van der Waals surface area contributed by atoms with Gasteiger partial charge in [-0.3, -0.25) is 19.2 Å². The van der Waals surface area contributed by atoms with Crippen LogP contribution in [0.25, 0.3) is 0 Å². The lowest BCUT2D eigenvalue weighted by molar-refractivity contribution is -0.305. The first-order valence-corrected chi connectivity index (χ1v) is 10.7. The van der Waals surface area contributed by atoms with Crippen LogP contribution < -0.4 is 5.32 Å². The van der Waals surface area contributed by atoms with E-state index >= 15 is 0 Å². The summed E-state index contributed by atoms with van der Waals surface area (Å²) in [6.07, 6.45) is -4.33. The fourth-order valence-corrected chi connectivity index (χ4v) is 3.62. The fraction of sp³-hybridized carbons (Fsp3) is 0.636. The normalized spacial score (nSPS) is 25.1. The predicted octanol–water partition coefficient (Wildman–Crippen LogP) is -0.680. The van der Waals surface area contributed by atoms with Crippen LogP contribution in [0.1, 0.15) is 34.1 Å². The molecule has 1 rings (SSSR count). The second-order valence-corrected chi connectivity index (χ2v) is 7.64. The van der Waals surface area contributed by atoms with Crippen LogP contribution in [0.5, 0.6) is 0 Å². The minimum absolute atomic E-state index is 0.416. The summed E-state index contributed by atoms with van der Waals surface area (Å²) in [4.78, 5) is 72.3. The SMILES string of the molecule is COC(=O)/C=C/[C@@H](OC(C)=O)[C@H](OC(C)=O)[C@@H]1O[C@](OC)(C(=O)OC)C[C@H](OC(C)=O)[C@H]1NC(C)=O. The Morgan fingerprint density at radius 3 is 1.97 bits per heavy atom. The van der Waals surface area contributed by atoms with E-state index < -0.39 is 78.4 Å². The Morgan fingerprint density at radius 1 is 0.917 bits per heavy atom. The molecule has 0 aliphatic carbocycles. The van der Waals surface area contributed by atoms with Crippen LogP contribution in [-0.4, -0.2) is 93.3 Å². The highest BCUT2D eigenvalue weighted by Gasteiger charge is 2.58. The summed E-state index contributed by atoms with van der Waals surface area (Å²) >= 11 is 0. The van der Waals surface area contributed by atoms with Crippen molar-refractivity contribution >= 4 is 35.8 Å². The third kappa shape index (κ3) is 8.30. The summed E-state index contributed by atoms with van der Waals surface area (Å²) in [6, 6.07) is -1.24. The number of carbonyl (C=O) groups excluding carboxylic acids is 6. The molecule has 0 spiro atoms. The Bertz CT molecular complexity index is 885. The molecule has 0 unspecified atom stereocenters. The highest BCUT2D eigenvalue weighted by Crippen LogP contribution is 2.36. The summed E-state index contributed by atoms with van der Waals surface area (Å²) in [5.74, 6) is -7.09. The number of esters is 5. The molecule has 0 aromatic carbocycles. The minimum atomic E-state index is -2.18. The topological polar surface area (TPSA) is 179 Å². The Hall–Kier alpha value is -3.52. The molecule has 0 bridgehead atoms. The van der Waals surface area contributed by atoms with E-state index in [-0.39, 0.29) is 0 Å². The van der Waals surface area contributed by atoms with Gasteiger partial charge in [0.25, 0.3) is 5.79 Å². The van der Waals surface area contributed by atoms with Crippen LogP contribution in [0.3, 0.4) is 0 Å². The molecule has 14 heteroatoms. The van der Waals surface area contributed by atoms with E-state index in [1.807, 2.05) is 0 Å². The zero-order valence-corrected chi connectivity index (χ0v) is 21.1. The number of hydrogen-bond donors (Lipinski definition) is 1. The first-order valence-electron chi connectivity index (χ1n) is 10.7. The number of methoxy groups -OCH3 is 3. The monoisotopic (exact) mass is 517 g/mol. The van der Waals surface area contributed by atoms with E-state index in [9.17, 15) is 28.8 Å². The maximum absolute atomic E-state index is 12.7. The zero-order chi connectivity index (χ0) is 27.6. The van der Waals surface area contributed by atoms with Crippen molar-refractivity contribution in [3.63, 3.8) is 0 Å². The molecule has 0 radical (unpaired) electrons. The number of carbonyl (C=O) groups is 6. The lowest BCUT2D eigenvalue weighted by atomic mass is 9.87. The summed E-state index contributed by atoms with van der Waals surface area (Å²) in [6.45, 7) is 4.38. The molecule has 36 heavy (non-hydrogen) atoms. The van der Waals surface area contributed by atoms with E-state index in [0.29, 0.717) is 0 Å². The predicted molar refractivity (Wildman–Crippen MR) is 117 cm³/mol. The lowest BCUT2D eigenvalue weighted by Crippen LogP contribution is -2.68. The van der Waals surface area contributed by atoms with Gasteiger partial charge in [0.1, 0.15) is 12.2 Å². The second kappa shape index (κ2) is 13.5. The van der Waals surface area contributed by atoms with Gasteiger partial charge in [0.15, 0.2) is 12.2 Å². The molecule has 1 saturated heterocycles. The van der Waals surface area contributed by atoms with Crippen LogP contribution in [-0.2, 0) is 61.9 Å². The van der Waals surface area contributed by atoms with Crippen molar-refractivity contribution < 1.29 is 61.9 Å². The van der Waals surface area contributed by atoms with Crippen molar-refractivity contribution in [1.82, 2.24) is 5.32 Å². The van der Waals surface area contributed by atoms with Gasteiger partial charge in [-0.2, -0.15) is 0 Å². The minimum Gasteiger partial charge on any atom is -0.466 e. The molecular formula is C22H31NO13. The Kier molecular flexibility index (Phi) is 11.5. The molecule has 14 nitrogen and oxygen atoms in total. The Morgan fingerprint density at radius 2 is 1.53 bits per heavy atom. The van der Waals surface area contributed by atoms with Gasteiger partial charge in [-0.05, 0) is 6.08 Å². The molecule has 1 heterocycles. The van der Waals surface area contributed by atoms with Crippen molar-refractivity contribution in [3.8, 4) is 0 Å². The molecule has 6 atom stereocenters. The second-order valence-electron chi connectivity index (χ2n) is 7.64. The molecule has 202 valence electrons. The largest absolute Gasteiger partial charge is 0.466 e. The summed E-state index contributed by atoms with van der Waals surface area (Å²) in [5, 5.41) is 2.55. The number of ether oxygens (including phenoxy) is 7. The molecule has 0 saturated carbocycles. The maximum atomic E-state index is 12.7. The number of hydrogen-bond acceptors (Lipinski definition) is 13. The van der Waals surface area contributed by atoms with Gasteiger partial charge in [-0.25, -0.2) is 9.59 Å². The first-order chi connectivity index (χ1) is 16.8. The Balaban J connectivity index is 3.79. The number of nitrogens with one attached hydrogen (secondary N) is 1. The van der Waals surface area contributed by atoms with Crippen LogP contribution >= 0.6 is 0 Å². The van der Waals surface area contributed by atoms with Gasteiger partial charge in [-0.1, -0.05) is 0 Å². The number of rotatable bonds is 10.